The molecular weight excluding hydrogens is 214 g/mol. The summed E-state index contributed by atoms with van der Waals surface area (Å²) in [4.78, 5) is 6.50. The van der Waals surface area contributed by atoms with Crippen LogP contribution in [0.2, 0.25) is 0 Å². The van der Waals surface area contributed by atoms with E-state index >= 15 is 0 Å². The molecule has 0 spiro atoms. The summed E-state index contributed by atoms with van der Waals surface area (Å²) in [5.74, 6) is 1.32. The van der Waals surface area contributed by atoms with E-state index < -0.39 is 0 Å². The summed E-state index contributed by atoms with van der Waals surface area (Å²) in [7, 11) is 1.87. The van der Waals surface area contributed by atoms with Gasteiger partial charge >= 0.3 is 0 Å². The Morgan fingerprint density at radius 1 is 1.59 bits per heavy atom. The van der Waals surface area contributed by atoms with Gasteiger partial charge in [0.2, 0.25) is 0 Å². The fourth-order valence-corrected chi connectivity index (χ4v) is 2.23. The summed E-state index contributed by atoms with van der Waals surface area (Å²) in [5, 5.41) is 12.9. The van der Waals surface area contributed by atoms with Gasteiger partial charge in [0.25, 0.3) is 0 Å². The first kappa shape index (κ1) is 12.3. The number of aromatic nitrogens is 1. The molecule has 0 aliphatic carbocycles. The van der Waals surface area contributed by atoms with Gasteiger partial charge in [-0.25, -0.2) is 4.98 Å². The van der Waals surface area contributed by atoms with Crippen molar-refractivity contribution in [1.82, 2.24) is 9.88 Å². The van der Waals surface area contributed by atoms with Crippen LogP contribution in [0.25, 0.3) is 0 Å². The molecule has 0 aromatic carbocycles. The smallest absolute Gasteiger partial charge is 0.125 e. The van der Waals surface area contributed by atoms with Crippen LogP contribution in [0.1, 0.15) is 18.9 Å². The topological polar surface area (TPSA) is 48.4 Å². The SMILES string of the molecule is CNc1cc(CN2CCC(C)C(O)C2)ccn1. The fourth-order valence-electron chi connectivity index (χ4n) is 2.23. The summed E-state index contributed by atoms with van der Waals surface area (Å²) in [6.45, 7) is 4.85. The lowest BCUT2D eigenvalue weighted by molar-refractivity contribution is 0.0259. The third kappa shape index (κ3) is 3.17. The summed E-state index contributed by atoms with van der Waals surface area (Å²) < 4.78 is 0. The maximum Gasteiger partial charge on any atom is 0.125 e. The van der Waals surface area contributed by atoms with Crippen molar-refractivity contribution in [2.75, 3.05) is 25.5 Å². The molecule has 4 heteroatoms. The number of nitrogens with one attached hydrogen (secondary N) is 1. The van der Waals surface area contributed by atoms with Crippen LogP contribution in [0, 0.1) is 5.92 Å². The van der Waals surface area contributed by atoms with E-state index in [-0.39, 0.29) is 6.10 Å². The monoisotopic (exact) mass is 235 g/mol. The average Bonchev–Trinajstić information content (AvgIpc) is 2.34. The second kappa shape index (κ2) is 5.47. The first-order chi connectivity index (χ1) is 8.19. The zero-order chi connectivity index (χ0) is 12.3. The minimum absolute atomic E-state index is 0.186. The molecular formula is C13H21N3O. The van der Waals surface area contributed by atoms with Gasteiger partial charge in [-0.1, -0.05) is 6.92 Å². The quantitative estimate of drug-likeness (QED) is 0.829. The largest absolute Gasteiger partial charge is 0.392 e. The highest BCUT2D eigenvalue weighted by Gasteiger charge is 2.23. The number of pyridine rings is 1. The summed E-state index contributed by atoms with van der Waals surface area (Å²) >= 11 is 0. The van der Waals surface area contributed by atoms with Crippen LogP contribution >= 0.6 is 0 Å². The number of nitrogens with zero attached hydrogens (tertiary/aromatic N) is 2. The lowest BCUT2D eigenvalue weighted by atomic mass is 9.96. The molecule has 4 nitrogen and oxygen atoms in total. The maximum absolute atomic E-state index is 9.86. The highest BCUT2D eigenvalue weighted by Crippen LogP contribution is 2.19. The van der Waals surface area contributed by atoms with E-state index in [1.54, 1.807) is 0 Å². The molecule has 0 bridgehead atoms. The Bertz CT molecular complexity index is 369. The molecule has 1 fully saturated rings. The molecule has 94 valence electrons. The maximum atomic E-state index is 9.86. The Morgan fingerprint density at radius 2 is 2.41 bits per heavy atom. The first-order valence-electron chi connectivity index (χ1n) is 6.22. The number of aliphatic hydroxyl groups is 1. The van der Waals surface area contributed by atoms with Crippen molar-refractivity contribution < 1.29 is 5.11 Å². The van der Waals surface area contributed by atoms with E-state index in [1.807, 2.05) is 19.3 Å². The van der Waals surface area contributed by atoms with Gasteiger partial charge in [0.1, 0.15) is 5.82 Å². The minimum Gasteiger partial charge on any atom is -0.392 e. The van der Waals surface area contributed by atoms with E-state index in [4.69, 9.17) is 0 Å². The van der Waals surface area contributed by atoms with E-state index in [0.717, 1.165) is 31.9 Å². The van der Waals surface area contributed by atoms with Crippen LogP contribution in [-0.2, 0) is 6.54 Å². The predicted molar refractivity (Wildman–Crippen MR) is 68.8 cm³/mol. The molecule has 2 rings (SSSR count). The second-order valence-electron chi connectivity index (χ2n) is 4.87. The van der Waals surface area contributed by atoms with Crippen LogP contribution < -0.4 is 5.32 Å². The summed E-state index contributed by atoms with van der Waals surface area (Å²) in [6.07, 6.45) is 2.71. The van der Waals surface area contributed by atoms with Crippen molar-refractivity contribution in [3.05, 3.63) is 23.9 Å². The summed E-state index contributed by atoms with van der Waals surface area (Å²) in [6, 6.07) is 4.09. The highest BCUT2D eigenvalue weighted by molar-refractivity contribution is 5.36. The molecule has 1 aromatic heterocycles. The Morgan fingerprint density at radius 3 is 3.12 bits per heavy atom. The van der Waals surface area contributed by atoms with Crippen LogP contribution in [0.5, 0.6) is 0 Å². The number of likely N-dealkylation sites (tertiary alicyclic amines) is 1. The van der Waals surface area contributed by atoms with Crippen molar-refractivity contribution in [3.8, 4) is 0 Å². The van der Waals surface area contributed by atoms with Crippen molar-refractivity contribution in [3.63, 3.8) is 0 Å². The fraction of sp³-hybridized carbons (Fsp3) is 0.615. The van der Waals surface area contributed by atoms with Crippen LogP contribution in [-0.4, -0.2) is 41.2 Å². The van der Waals surface area contributed by atoms with E-state index in [9.17, 15) is 5.11 Å². The number of hydrogen-bond acceptors (Lipinski definition) is 4. The summed E-state index contributed by atoms with van der Waals surface area (Å²) in [5.41, 5.74) is 1.24. The number of piperidine rings is 1. The molecule has 2 unspecified atom stereocenters. The molecule has 2 heterocycles. The van der Waals surface area contributed by atoms with Gasteiger partial charge in [0.05, 0.1) is 6.10 Å². The zero-order valence-corrected chi connectivity index (χ0v) is 10.6. The van der Waals surface area contributed by atoms with Crippen LogP contribution in [0.15, 0.2) is 18.3 Å². The standard InChI is InChI=1S/C13H21N3O/c1-10-4-6-16(9-12(10)17)8-11-3-5-15-13(7-11)14-2/h3,5,7,10,12,17H,4,6,8-9H2,1-2H3,(H,14,15). The molecule has 17 heavy (non-hydrogen) atoms. The normalized spacial score (nSPS) is 25.8. The third-order valence-electron chi connectivity index (χ3n) is 3.49. The van der Waals surface area contributed by atoms with Crippen LogP contribution in [0.3, 0.4) is 0 Å². The molecule has 0 saturated carbocycles. The lowest BCUT2D eigenvalue weighted by Crippen LogP contribution is -2.42. The molecule has 0 radical (unpaired) electrons. The third-order valence-corrected chi connectivity index (χ3v) is 3.49. The van der Waals surface area contributed by atoms with Gasteiger partial charge in [-0.05, 0) is 36.6 Å². The minimum atomic E-state index is -0.186. The predicted octanol–water partition coefficient (Wildman–Crippen LogP) is 1.33. The van der Waals surface area contributed by atoms with Crippen molar-refractivity contribution in [1.29, 1.82) is 0 Å². The Hall–Kier alpha value is -1.13. The average molecular weight is 235 g/mol. The van der Waals surface area contributed by atoms with Gasteiger partial charge < -0.3 is 10.4 Å². The lowest BCUT2D eigenvalue weighted by Gasteiger charge is -2.34. The van der Waals surface area contributed by atoms with Gasteiger partial charge in [-0.15, -0.1) is 0 Å². The molecule has 0 amide bonds. The molecule has 1 saturated heterocycles. The van der Waals surface area contributed by atoms with E-state index in [0.29, 0.717) is 5.92 Å². The van der Waals surface area contributed by atoms with E-state index in [1.165, 1.54) is 5.56 Å². The zero-order valence-electron chi connectivity index (χ0n) is 10.6. The number of β-amino-alcohol motifs (C(OH)–C–C–N with tert-alkyl or cyclic N) is 1. The molecule has 2 N–H and O–H groups in total. The Kier molecular flexibility index (Phi) is 3.97. The van der Waals surface area contributed by atoms with Gasteiger partial charge in [-0.3, -0.25) is 4.90 Å². The van der Waals surface area contributed by atoms with Crippen molar-refractivity contribution in [2.45, 2.75) is 26.0 Å². The Labute approximate surface area is 103 Å². The molecule has 1 aliphatic heterocycles. The van der Waals surface area contributed by atoms with Crippen molar-refractivity contribution >= 4 is 5.82 Å². The Balaban J connectivity index is 1.96. The molecule has 2 atom stereocenters. The van der Waals surface area contributed by atoms with Gasteiger partial charge in [0.15, 0.2) is 0 Å². The number of aliphatic hydroxyl groups excluding tert-OH is 1. The first-order valence-corrected chi connectivity index (χ1v) is 6.22. The number of anilines is 1. The van der Waals surface area contributed by atoms with Gasteiger partial charge in [-0.2, -0.15) is 0 Å². The second-order valence-corrected chi connectivity index (χ2v) is 4.87. The molecule has 1 aliphatic rings. The molecule has 1 aromatic rings. The van der Waals surface area contributed by atoms with Crippen molar-refractivity contribution in [2.24, 2.45) is 5.92 Å². The highest BCUT2D eigenvalue weighted by atomic mass is 16.3. The number of rotatable bonds is 3. The van der Waals surface area contributed by atoms with Crippen LogP contribution in [0.4, 0.5) is 5.82 Å². The van der Waals surface area contributed by atoms with E-state index in [2.05, 4.69) is 28.2 Å². The number of hydrogen-bond donors (Lipinski definition) is 2. The van der Waals surface area contributed by atoms with Gasteiger partial charge in [0, 0.05) is 26.3 Å².